The van der Waals surface area contributed by atoms with E-state index in [2.05, 4.69) is 5.32 Å². The predicted molar refractivity (Wildman–Crippen MR) is 69.0 cm³/mol. The molecule has 0 aliphatic heterocycles. The molecule has 4 nitrogen and oxygen atoms in total. The SMILES string of the molecule is CCNC(=O)CN(C)c1cccc(F)c1[C@H](C)O. The molecule has 100 valence electrons. The van der Waals surface area contributed by atoms with Crippen molar-refractivity contribution in [1.29, 1.82) is 0 Å². The predicted octanol–water partition coefficient (Wildman–Crippen LogP) is 1.45. The molecule has 1 aromatic rings. The van der Waals surface area contributed by atoms with Gasteiger partial charge in [0.2, 0.25) is 5.91 Å². The Bertz CT molecular complexity index is 421. The molecule has 0 fully saturated rings. The van der Waals surface area contributed by atoms with Gasteiger partial charge in [-0.15, -0.1) is 0 Å². The molecule has 0 aliphatic carbocycles. The normalized spacial score (nSPS) is 12.1. The van der Waals surface area contributed by atoms with E-state index < -0.39 is 11.9 Å². The average Bonchev–Trinajstić information content (AvgIpc) is 2.28. The minimum absolute atomic E-state index is 0.122. The fourth-order valence-electron chi connectivity index (χ4n) is 1.83. The first-order valence-corrected chi connectivity index (χ1v) is 5.91. The number of nitrogens with one attached hydrogen (secondary N) is 1. The molecule has 1 aromatic carbocycles. The second-order valence-electron chi connectivity index (χ2n) is 4.16. The first kappa shape index (κ1) is 14.4. The largest absolute Gasteiger partial charge is 0.389 e. The Hall–Kier alpha value is -1.62. The molecule has 5 heteroatoms. The number of halogens is 1. The molecule has 1 amide bonds. The van der Waals surface area contributed by atoms with Crippen molar-refractivity contribution in [3.63, 3.8) is 0 Å². The lowest BCUT2D eigenvalue weighted by molar-refractivity contribution is -0.119. The summed E-state index contributed by atoms with van der Waals surface area (Å²) in [5, 5.41) is 12.3. The molecule has 1 rings (SSSR count). The van der Waals surface area contributed by atoms with E-state index in [1.54, 1.807) is 24.1 Å². The molecule has 0 saturated heterocycles. The summed E-state index contributed by atoms with van der Waals surface area (Å²) in [6.07, 6.45) is -0.919. The number of aliphatic hydroxyl groups excluding tert-OH is 1. The number of aliphatic hydroxyl groups is 1. The highest BCUT2D eigenvalue weighted by molar-refractivity contribution is 5.81. The highest BCUT2D eigenvalue weighted by atomic mass is 19.1. The van der Waals surface area contributed by atoms with Gasteiger partial charge in [0.25, 0.3) is 0 Å². The standard InChI is InChI=1S/C13H19FN2O2/c1-4-15-12(18)8-16(3)11-7-5-6-10(14)13(11)9(2)17/h5-7,9,17H,4,8H2,1-3H3,(H,15,18)/t9-/m0/s1. The van der Waals surface area contributed by atoms with E-state index in [1.807, 2.05) is 6.92 Å². The van der Waals surface area contributed by atoms with E-state index in [1.165, 1.54) is 13.0 Å². The van der Waals surface area contributed by atoms with Crippen molar-refractivity contribution in [2.24, 2.45) is 0 Å². The lowest BCUT2D eigenvalue weighted by Crippen LogP contribution is -2.35. The zero-order chi connectivity index (χ0) is 13.7. The smallest absolute Gasteiger partial charge is 0.239 e. The number of carbonyl (C=O) groups is 1. The van der Waals surface area contributed by atoms with Crippen LogP contribution in [0, 0.1) is 5.82 Å². The van der Waals surface area contributed by atoms with Crippen molar-refractivity contribution in [2.75, 3.05) is 25.0 Å². The molecule has 0 aliphatic rings. The van der Waals surface area contributed by atoms with Gasteiger partial charge >= 0.3 is 0 Å². The van der Waals surface area contributed by atoms with E-state index >= 15 is 0 Å². The molecule has 18 heavy (non-hydrogen) atoms. The fourth-order valence-corrected chi connectivity index (χ4v) is 1.83. The van der Waals surface area contributed by atoms with Crippen molar-refractivity contribution in [1.82, 2.24) is 5.32 Å². The molecular formula is C13H19FN2O2. The molecule has 1 atom stereocenters. The van der Waals surface area contributed by atoms with Gasteiger partial charge in [-0.25, -0.2) is 4.39 Å². The number of nitrogens with zero attached hydrogens (tertiary/aromatic N) is 1. The Morgan fingerprint density at radius 1 is 1.56 bits per heavy atom. The van der Waals surface area contributed by atoms with Gasteiger partial charge in [-0.3, -0.25) is 4.79 Å². The van der Waals surface area contributed by atoms with Crippen LogP contribution in [-0.2, 0) is 4.79 Å². The third kappa shape index (κ3) is 3.43. The van der Waals surface area contributed by atoms with Crippen molar-refractivity contribution in [3.05, 3.63) is 29.6 Å². The Labute approximate surface area is 106 Å². The minimum Gasteiger partial charge on any atom is -0.389 e. The highest BCUT2D eigenvalue weighted by Crippen LogP contribution is 2.27. The van der Waals surface area contributed by atoms with Crippen LogP contribution in [0.15, 0.2) is 18.2 Å². The van der Waals surface area contributed by atoms with E-state index in [-0.39, 0.29) is 18.0 Å². The van der Waals surface area contributed by atoms with E-state index in [9.17, 15) is 14.3 Å². The second-order valence-corrected chi connectivity index (χ2v) is 4.16. The maximum absolute atomic E-state index is 13.7. The highest BCUT2D eigenvalue weighted by Gasteiger charge is 2.17. The van der Waals surface area contributed by atoms with Crippen LogP contribution in [0.2, 0.25) is 0 Å². The van der Waals surface area contributed by atoms with Crippen LogP contribution >= 0.6 is 0 Å². The van der Waals surface area contributed by atoms with Gasteiger partial charge in [0.05, 0.1) is 12.6 Å². The van der Waals surface area contributed by atoms with Crippen molar-refractivity contribution in [2.45, 2.75) is 20.0 Å². The summed E-state index contributed by atoms with van der Waals surface area (Å²) in [4.78, 5) is 13.1. The number of rotatable bonds is 5. The lowest BCUT2D eigenvalue weighted by atomic mass is 10.1. The summed E-state index contributed by atoms with van der Waals surface area (Å²) in [5.41, 5.74) is 0.737. The van der Waals surface area contributed by atoms with Gasteiger partial charge < -0.3 is 15.3 Å². The van der Waals surface area contributed by atoms with Crippen LogP contribution in [0.3, 0.4) is 0 Å². The first-order chi connectivity index (χ1) is 8.47. The summed E-state index contributed by atoms with van der Waals surface area (Å²) >= 11 is 0. The molecule has 0 radical (unpaired) electrons. The van der Waals surface area contributed by atoms with Gasteiger partial charge in [-0.1, -0.05) is 6.07 Å². The molecule has 2 N–H and O–H groups in total. The maximum Gasteiger partial charge on any atom is 0.239 e. The van der Waals surface area contributed by atoms with Crippen molar-refractivity contribution >= 4 is 11.6 Å². The molecule has 0 unspecified atom stereocenters. The van der Waals surface area contributed by atoms with Crippen LogP contribution in [0.5, 0.6) is 0 Å². The summed E-state index contributed by atoms with van der Waals surface area (Å²) in [5.74, 6) is -0.606. The van der Waals surface area contributed by atoms with Crippen molar-refractivity contribution < 1.29 is 14.3 Å². The quantitative estimate of drug-likeness (QED) is 0.836. The van der Waals surface area contributed by atoms with Gasteiger partial charge in [-0.2, -0.15) is 0 Å². The summed E-state index contributed by atoms with van der Waals surface area (Å²) in [6, 6.07) is 4.54. The molecule has 0 saturated carbocycles. The van der Waals surface area contributed by atoms with Crippen LogP contribution in [0.1, 0.15) is 25.5 Å². The zero-order valence-corrected chi connectivity index (χ0v) is 10.9. The van der Waals surface area contributed by atoms with Gasteiger partial charge in [0.1, 0.15) is 5.82 Å². The van der Waals surface area contributed by atoms with E-state index in [4.69, 9.17) is 0 Å². The lowest BCUT2D eigenvalue weighted by Gasteiger charge is -2.23. The topological polar surface area (TPSA) is 52.6 Å². The molecule has 0 spiro atoms. The molecular weight excluding hydrogens is 235 g/mol. The monoisotopic (exact) mass is 254 g/mol. The van der Waals surface area contributed by atoms with Gasteiger partial charge in [0, 0.05) is 24.8 Å². The average molecular weight is 254 g/mol. The Morgan fingerprint density at radius 2 is 2.22 bits per heavy atom. The number of anilines is 1. The van der Waals surface area contributed by atoms with Gasteiger partial charge in [-0.05, 0) is 26.0 Å². The Kier molecular flexibility index (Phi) is 5.09. The third-order valence-electron chi connectivity index (χ3n) is 2.61. The summed E-state index contributed by atoms with van der Waals surface area (Å²) in [6.45, 7) is 4.01. The summed E-state index contributed by atoms with van der Waals surface area (Å²) in [7, 11) is 1.69. The van der Waals surface area contributed by atoms with Crippen LogP contribution < -0.4 is 10.2 Å². The molecule has 0 heterocycles. The number of carbonyl (C=O) groups excluding carboxylic acids is 1. The summed E-state index contributed by atoms with van der Waals surface area (Å²) < 4.78 is 13.7. The number of likely N-dealkylation sites (N-methyl/N-ethyl adjacent to an activating group) is 2. The van der Waals surface area contributed by atoms with Crippen LogP contribution in [0.25, 0.3) is 0 Å². The van der Waals surface area contributed by atoms with Gasteiger partial charge in [0.15, 0.2) is 0 Å². The number of hydrogen-bond donors (Lipinski definition) is 2. The fraction of sp³-hybridized carbons (Fsp3) is 0.462. The van der Waals surface area contributed by atoms with E-state index in [0.29, 0.717) is 12.2 Å². The van der Waals surface area contributed by atoms with Crippen LogP contribution in [-0.4, -0.2) is 31.2 Å². The number of amides is 1. The molecule has 0 bridgehead atoms. The molecule has 0 aromatic heterocycles. The van der Waals surface area contributed by atoms with Crippen molar-refractivity contribution in [3.8, 4) is 0 Å². The Morgan fingerprint density at radius 3 is 2.78 bits per heavy atom. The van der Waals surface area contributed by atoms with Crippen LogP contribution in [0.4, 0.5) is 10.1 Å². The third-order valence-corrected chi connectivity index (χ3v) is 2.61. The van der Waals surface area contributed by atoms with E-state index in [0.717, 1.165) is 0 Å². The minimum atomic E-state index is -0.919. The second kappa shape index (κ2) is 6.35. The first-order valence-electron chi connectivity index (χ1n) is 5.91. The number of benzene rings is 1. The number of hydrogen-bond acceptors (Lipinski definition) is 3. The zero-order valence-electron chi connectivity index (χ0n) is 10.9. The maximum atomic E-state index is 13.7. The Balaban J connectivity index is 2.95.